The molecule has 0 aromatic heterocycles. The van der Waals surface area contributed by atoms with Gasteiger partial charge in [0.15, 0.2) is 0 Å². The van der Waals surface area contributed by atoms with E-state index in [1.807, 2.05) is 12.1 Å². The van der Waals surface area contributed by atoms with Crippen LogP contribution in [0.4, 0.5) is 5.69 Å². The number of carbonyl (C=O) groups is 1. The molecule has 0 radical (unpaired) electrons. The van der Waals surface area contributed by atoms with E-state index in [4.69, 9.17) is 9.73 Å². The number of esters is 1. The SMILES string of the molecule is CNS(=O)(=O)c1cccc(C2=Nc3ccc(C(=O)OC)cc3CC2(C)C)c1. The molecule has 2 aromatic carbocycles. The number of benzene rings is 2. The Kier molecular flexibility index (Phi) is 4.92. The predicted molar refractivity (Wildman–Crippen MR) is 104 cm³/mol. The van der Waals surface area contributed by atoms with Crippen molar-refractivity contribution in [3.63, 3.8) is 0 Å². The normalized spacial score (nSPS) is 15.6. The molecule has 1 aliphatic rings. The van der Waals surface area contributed by atoms with E-state index in [1.165, 1.54) is 14.2 Å². The fourth-order valence-electron chi connectivity index (χ4n) is 3.30. The van der Waals surface area contributed by atoms with E-state index in [2.05, 4.69) is 18.6 Å². The first-order chi connectivity index (χ1) is 12.7. The number of hydrogen-bond acceptors (Lipinski definition) is 5. The lowest BCUT2D eigenvalue weighted by Crippen LogP contribution is -2.30. The Hall–Kier alpha value is -2.51. The molecule has 0 bridgehead atoms. The summed E-state index contributed by atoms with van der Waals surface area (Å²) < 4.78 is 31.4. The van der Waals surface area contributed by atoms with Gasteiger partial charge in [0, 0.05) is 5.41 Å². The number of nitrogens with one attached hydrogen (secondary N) is 1. The van der Waals surface area contributed by atoms with Crippen molar-refractivity contribution in [2.45, 2.75) is 25.2 Å². The Morgan fingerprint density at radius 2 is 1.93 bits per heavy atom. The van der Waals surface area contributed by atoms with Crippen molar-refractivity contribution in [1.82, 2.24) is 4.72 Å². The van der Waals surface area contributed by atoms with E-state index in [9.17, 15) is 13.2 Å². The highest BCUT2D eigenvalue weighted by atomic mass is 32.2. The van der Waals surface area contributed by atoms with Gasteiger partial charge in [-0.25, -0.2) is 17.9 Å². The van der Waals surface area contributed by atoms with E-state index in [1.54, 1.807) is 30.3 Å². The van der Waals surface area contributed by atoms with Gasteiger partial charge in [-0.2, -0.15) is 0 Å². The fourth-order valence-corrected chi connectivity index (χ4v) is 4.07. The zero-order chi connectivity index (χ0) is 19.8. The molecule has 0 saturated carbocycles. The zero-order valence-corrected chi connectivity index (χ0v) is 16.6. The number of carbonyl (C=O) groups excluding carboxylic acids is 1. The summed E-state index contributed by atoms with van der Waals surface area (Å²) in [6.45, 7) is 4.11. The monoisotopic (exact) mass is 386 g/mol. The van der Waals surface area contributed by atoms with Crippen LogP contribution in [0.5, 0.6) is 0 Å². The van der Waals surface area contributed by atoms with E-state index >= 15 is 0 Å². The molecule has 7 heteroatoms. The molecule has 6 nitrogen and oxygen atoms in total. The highest BCUT2D eigenvalue weighted by Gasteiger charge is 2.32. The minimum absolute atomic E-state index is 0.202. The number of rotatable bonds is 4. The number of nitrogens with zero attached hydrogens (tertiary/aromatic N) is 1. The molecule has 1 heterocycles. The van der Waals surface area contributed by atoms with Crippen molar-refractivity contribution < 1.29 is 17.9 Å². The van der Waals surface area contributed by atoms with Gasteiger partial charge in [0.05, 0.1) is 29.0 Å². The molecule has 0 atom stereocenters. The van der Waals surface area contributed by atoms with E-state index in [0.717, 1.165) is 22.5 Å². The Balaban J connectivity index is 2.10. The third-order valence-corrected chi connectivity index (χ3v) is 6.10. The summed E-state index contributed by atoms with van der Waals surface area (Å²) in [5.74, 6) is -0.379. The minimum atomic E-state index is -3.53. The molecular weight excluding hydrogens is 364 g/mol. The Morgan fingerprint density at radius 3 is 2.59 bits per heavy atom. The van der Waals surface area contributed by atoms with E-state index in [-0.39, 0.29) is 16.3 Å². The molecule has 3 rings (SSSR count). The summed E-state index contributed by atoms with van der Waals surface area (Å²) >= 11 is 0. The average molecular weight is 386 g/mol. The van der Waals surface area contributed by atoms with Crippen LogP contribution in [0.25, 0.3) is 0 Å². The molecule has 0 amide bonds. The first kappa shape index (κ1) is 19.3. The first-order valence-corrected chi connectivity index (χ1v) is 10.0. The number of methoxy groups -OCH3 is 1. The lowest BCUT2D eigenvalue weighted by Gasteiger charge is -2.32. The van der Waals surface area contributed by atoms with Crippen LogP contribution in [0.15, 0.2) is 52.4 Å². The van der Waals surface area contributed by atoms with Crippen molar-refractivity contribution in [3.8, 4) is 0 Å². The van der Waals surface area contributed by atoms with Gasteiger partial charge in [0.25, 0.3) is 0 Å². The predicted octanol–water partition coefficient (Wildman–Crippen LogP) is 3.08. The van der Waals surface area contributed by atoms with Gasteiger partial charge in [-0.1, -0.05) is 26.0 Å². The van der Waals surface area contributed by atoms with Gasteiger partial charge >= 0.3 is 5.97 Å². The average Bonchev–Trinajstić information content (AvgIpc) is 2.65. The van der Waals surface area contributed by atoms with Gasteiger partial charge < -0.3 is 4.74 Å². The Labute approximate surface area is 159 Å². The third-order valence-electron chi connectivity index (χ3n) is 4.69. The quantitative estimate of drug-likeness (QED) is 0.819. The minimum Gasteiger partial charge on any atom is -0.465 e. The second-order valence-electron chi connectivity index (χ2n) is 7.09. The fraction of sp³-hybridized carbons (Fsp3) is 0.300. The van der Waals surface area contributed by atoms with Crippen LogP contribution in [-0.4, -0.2) is 34.3 Å². The summed E-state index contributed by atoms with van der Waals surface area (Å²) in [6, 6.07) is 12.1. The number of hydrogen-bond donors (Lipinski definition) is 1. The number of aliphatic imine (C=N–C) groups is 1. The third kappa shape index (κ3) is 3.65. The Morgan fingerprint density at radius 1 is 1.19 bits per heavy atom. The van der Waals surface area contributed by atoms with Crippen LogP contribution in [0.1, 0.15) is 35.3 Å². The van der Waals surface area contributed by atoms with E-state index in [0.29, 0.717) is 12.0 Å². The van der Waals surface area contributed by atoms with Gasteiger partial charge in [-0.3, -0.25) is 4.99 Å². The van der Waals surface area contributed by atoms with Crippen molar-refractivity contribution in [1.29, 1.82) is 0 Å². The lowest BCUT2D eigenvalue weighted by atomic mass is 9.76. The van der Waals surface area contributed by atoms with Gasteiger partial charge in [-0.05, 0) is 54.9 Å². The van der Waals surface area contributed by atoms with Crippen LogP contribution in [0, 0.1) is 5.41 Å². The second-order valence-corrected chi connectivity index (χ2v) is 8.98. The molecule has 142 valence electrons. The largest absolute Gasteiger partial charge is 0.465 e. The van der Waals surface area contributed by atoms with Gasteiger partial charge in [-0.15, -0.1) is 0 Å². The molecule has 0 saturated heterocycles. The molecule has 27 heavy (non-hydrogen) atoms. The van der Waals surface area contributed by atoms with Crippen LogP contribution < -0.4 is 4.72 Å². The number of ether oxygens (including phenoxy) is 1. The van der Waals surface area contributed by atoms with Crippen molar-refractivity contribution in [3.05, 3.63) is 59.2 Å². The maximum atomic E-state index is 12.1. The second kappa shape index (κ2) is 6.90. The number of sulfonamides is 1. The lowest BCUT2D eigenvalue weighted by molar-refractivity contribution is 0.0600. The summed E-state index contributed by atoms with van der Waals surface area (Å²) in [6.07, 6.45) is 0.676. The molecule has 0 aliphatic carbocycles. The molecule has 1 aliphatic heterocycles. The van der Waals surface area contributed by atoms with Gasteiger partial charge in [0.1, 0.15) is 0 Å². The van der Waals surface area contributed by atoms with Crippen LogP contribution in [-0.2, 0) is 21.2 Å². The maximum Gasteiger partial charge on any atom is 0.337 e. The van der Waals surface area contributed by atoms with E-state index < -0.39 is 10.0 Å². The van der Waals surface area contributed by atoms with Crippen LogP contribution >= 0.6 is 0 Å². The highest BCUT2D eigenvalue weighted by molar-refractivity contribution is 7.89. The summed E-state index contributed by atoms with van der Waals surface area (Å²) in [7, 11) is -0.788. The standard InChI is InChI=1S/C20H22N2O4S/c1-20(2)12-15-10-14(19(23)26-4)8-9-17(15)22-18(20)13-6-5-7-16(11-13)27(24,25)21-3/h5-11,21H,12H2,1-4H3. The van der Waals surface area contributed by atoms with Gasteiger partial charge in [0.2, 0.25) is 10.0 Å². The topological polar surface area (TPSA) is 84.8 Å². The molecule has 0 fully saturated rings. The number of fused-ring (bicyclic) bond motifs is 1. The van der Waals surface area contributed by atoms with Crippen molar-refractivity contribution >= 4 is 27.4 Å². The summed E-state index contributed by atoms with van der Waals surface area (Å²) in [4.78, 5) is 16.8. The first-order valence-electron chi connectivity index (χ1n) is 8.52. The van der Waals surface area contributed by atoms with Crippen LogP contribution in [0.2, 0.25) is 0 Å². The molecule has 0 spiro atoms. The zero-order valence-electron chi connectivity index (χ0n) is 15.7. The molecule has 0 unspecified atom stereocenters. The highest BCUT2D eigenvalue weighted by Crippen LogP contribution is 2.38. The molecular formula is C20H22N2O4S. The Bertz CT molecular complexity index is 1040. The molecule has 2 aromatic rings. The van der Waals surface area contributed by atoms with Crippen LogP contribution in [0.3, 0.4) is 0 Å². The maximum absolute atomic E-state index is 12.1. The summed E-state index contributed by atoms with van der Waals surface area (Å²) in [5, 5.41) is 0. The molecule has 1 N–H and O–H groups in total. The smallest absolute Gasteiger partial charge is 0.337 e. The summed E-state index contributed by atoms with van der Waals surface area (Å²) in [5.41, 5.74) is 3.48. The van der Waals surface area contributed by atoms with Crippen molar-refractivity contribution in [2.24, 2.45) is 10.4 Å². The van der Waals surface area contributed by atoms with Crippen molar-refractivity contribution in [2.75, 3.05) is 14.2 Å².